The first-order valence-corrected chi connectivity index (χ1v) is 9.87. The molecule has 3 rings (SSSR count). The van der Waals surface area contributed by atoms with Crippen molar-refractivity contribution in [3.8, 4) is 11.3 Å². The fourth-order valence-corrected chi connectivity index (χ4v) is 3.57. The van der Waals surface area contributed by atoms with Gasteiger partial charge in [0.05, 0.1) is 23.9 Å². The molecule has 5 nitrogen and oxygen atoms in total. The minimum absolute atomic E-state index is 0.666. The minimum atomic E-state index is 0.666. The molecule has 1 aliphatic heterocycles. The van der Waals surface area contributed by atoms with E-state index < -0.39 is 0 Å². The van der Waals surface area contributed by atoms with Gasteiger partial charge >= 0.3 is 0 Å². The molecular weight excluding hydrogens is 352 g/mol. The summed E-state index contributed by atoms with van der Waals surface area (Å²) in [6.45, 7) is 7.75. The van der Waals surface area contributed by atoms with Gasteiger partial charge in [0.2, 0.25) is 0 Å². The van der Waals surface area contributed by atoms with Crippen LogP contribution in [0.5, 0.6) is 0 Å². The molecule has 0 radical (unpaired) electrons. The van der Waals surface area contributed by atoms with Crippen LogP contribution in [0.15, 0.2) is 29.6 Å². The van der Waals surface area contributed by atoms with Gasteiger partial charge in [-0.1, -0.05) is 12.1 Å². The summed E-state index contributed by atoms with van der Waals surface area (Å²) >= 11 is 7.04. The first-order valence-electron chi connectivity index (χ1n) is 8.58. The second-order valence-electron chi connectivity index (χ2n) is 6.02. The molecule has 0 aliphatic carbocycles. The molecule has 0 unspecified atom stereocenters. The quantitative estimate of drug-likeness (QED) is 0.597. The van der Waals surface area contributed by atoms with E-state index >= 15 is 0 Å². The third-order valence-electron chi connectivity index (χ3n) is 4.10. The number of hydrogen-bond donors (Lipinski definition) is 2. The van der Waals surface area contributed by atoms with Crippen molar-refractivity contribution in [2.75, 3.05) is 44.7 Å². The van der Waals surface area contributed by atoms with E-state index in [0.29, 0.717) is 5.11 Å². The fraction of sp³-hybridized carbons (Fsp3) is 0.444. The van der Waals surface area contributed by atoms with Crippen LogP contribution in [-0.4, -0.2) is 54.4 Å². The van der Waals surface area contributed by atoms with Crippen LogP contribution in [0.2, 0.25) is 0 Å². The van der Waals surface area contributed by atoms with Gasteiger partial charge in [-0.3, -0.25) is 4.90 Å². The molecule has 2 aromatic rings. The Bertz CT molecular complexity index is 681. The van der Waals surface area contributed by atoms with Crippen molar-refractivity contribution in [2.24, 2.45) is 0 Å². The van der Waals surface area contributed by atoms with Crippen LogP contribution in [-0.2, 0) is 4.74 Å². The molecule has 2 N–H and O–H groups in total. The number of thiazole rings is 1. The van der Waals surface area contributed by atoms with E-state index in [2.05, 4.69) is 38.0 Å². The summed E-state index contributed by atoms with van der Waals surface area (Å²) in [5, 5.41) is 10.3. The SMILES string of the molecule is Cc1nc(-c2ccc(NC(=S)NCCCN3CCOCC3)cc2)cs1. The molecule has 134 valence electrons. The zero-order valence-corrected chi connectivity index (χ0v) is 16.1. The van der Waals surface area contributed by atoms with E-state index in [-0.39, 0.29) is 0 Å². The maximum Gasteiger partial charge on any atom is 0.170 e. The Labute approximate surface area is 158 Å². The molecule has 7 heteroatoms. The van der Waals surface area contributed by atoms with Gasteiger partial charge in [0.25, 0.3) is 0 Å². The highest BCUT2D eigenvalue weighted by atomic mass is 32.1. The Hall–Kier alpha value is -1.54. The Morgan fingerprint density at radius 1 is 1.28 bits per heavy atom. The predicted molar refractivity (Wildman–Crippen MR) is 108 cm³/mol. The molecule has 1 saturated heterocycles. The highest BCUT2D eigenvalue weighted by molar-refractivity contribution is 7.80. The Balaban J connectivity index is 1.38. The van der Waals surface area contributed by atoms with Crippen LogP contribution in [0.3, 0.4) is 0 Å². The van der Waals surface area contributed by atoms with Gasteiger partial charge in [-0.2, -0.15) is 0 Å². The number of anilines is 1. The zero-order chi connectivity index (χ0) is 17.5. The van der Waals surface area contributed by atoms with Gasteiger partial charge in [-0.25, -0.2) is 4.98 Å². The lowest BCUT2D eigenvalue weighted by Gasteiger charge is -2.26. The Morgan fingerprint density at radius 3 is 2.72 bits per heavy atom. The summed E-state index contributed by atoms with van der Waals surface area (Å²) in [7, 11) is 0. The van der Waals surface area contributed by atoms with Crippen LogP contribution in [0.25, 0.3) is 11.3 Å². The third kappa shape index (κ3) is 5.74. The number of aromatic nitrogens is 1. The van der Waals surface area contributed by atoms with Gasteiger partial charge in [0.1, 0.15) is 0 Å². The second kappa shape index (κ2) is 9.24. The van der Waals surface area contributed by atoms with Crippen molar-refractivity contribution in [3.63, 3.8) is 0 Å². The van der Waals surface area contributed by atoms with E-state index in [1.54, 1.807) is 11.3 Å². The zero-order valence-electron chi connectivity index (χ0n) is 14.5. The second-order valence-corrected chi connectivity index (χ2v) is 7.49. The number of aryl methyl sites for hydroxylation is 1. The normalized spacial score (nSPS) is 15.1. The molecule has 1 aromatic heterocycles. The maximum atomic E-state index is 5.37. The first-order chi connectivity index (χ1) is 12.2. The number of thiocarbonyl (C=S) groups is 1. The standard InChI is InChI=1S/C18H24N4OS2/c1-14-20-17(13-25-14)15-3-5-16(6-4-15)21-18(24)19-7-2-8-22-9-11-23-12-10-22/h3-6,13H,2,7-12H2,1H3,(H2,19,21,24). The molecule has 0 saturated carbocycles. The van der Waals surface area contributed by atoms with Crippen molar-refractivity contribution >= 4 is 34.4 Å². The average molecular weight is 377 g/mol. The van der Waals surface area contributed by atoms with Crippen molar-refractivity contribution in [2.45, 2.75) is 13.3 Å². The smallest absolute Gasteiger partial charge is 0.170 e. The topological polar surface area (TPSA) is 49.4 Å². The largest absolute Gasteiger partial charge is 0.379 e. The number of morpholine rings is 1. The van der Waals surface area contributed by atoms with Crippen LogP contribution in [0.4, 0.5) is 5.69 Å². The minimum Gasteiger partial charge on any atom is -0.379 e. The summed E-state index contributed by atoms with van der Waals surface area (Å²) in [5.74, 6) is 0. The maximum absolute atomic E-state index is 5.37. The number of nitrogens with zero attached hydrogens (tertiary/aromatic N) is 2. The van der Waals surface area contributed by atoms with Gasteiger partial charge < -0.3 is 15.4 Å². The number of hydrogen-bond acceptors (Lipinski definition) is 5. The summed E-state index contributed by atoms with van der Waals surface area (Å²) < 4.78 is 5.36. The molecule has 2 heterocycles. The number of nitrogens with one attached hydrogen (secondary N) is 2. The van der Waals surface area contributed by atoms with Crippen molar-refractivity contribution in [1.82, 2.24) is 15.2 Å². The first kappa shape index (κ1) is 18.3. The number of rotatable bonds is 6. The molecule has 0 spiro atoms. The van der Waals surface area contributed by atoms with Gasteiger partial charge in [-0.15, -0.1) is 11.3 Å². The average Bonchev–Trinajstić information content (AvgIpc) is 3.07. The molecular formula is C18H24N4OS2. The van der Waals surface area contributed by atoms with Crippen LogP contribution >= 0.6 is 23.6 Å². The number of benzene rings is 1. The van der Waals surface area contributed by atoms with E-state index in [1.807, 2.05) is 19.1 Å². The van der Waals surface area contributed by atoms with Crippen LogP contribution in [0.1, 0.15) is 11.4 Å². The van der Waals surface area contributed by atoms with E-state index in [0.717, 1.165) is 67.8 Å². The molecule has 25 heavy (non-hydrogen) atoms. The summed E-state index contributed by atoms with van der Waals surface area (Å²) in [5.41, 5.74) is 3.14. The number of ether oxygens (including phenoxy) is 1. The van der Waals surface area contributed by atoms with Gasteiger partial charge in [0.15, 0.2) is 5.11 Å². The van der Waals surface area contributed by atoms with E-state index in [9.17, 15) is 0 Å². The predicted octanol–water partition coefficient (Wildman–Crippen LogP) is 3.13. The van der Waals surface area contributed by atoms with E-state index in [1.165, 1.54) is 0 Å². The highest BCUT2D eigenvalue weighted by Crippen LogP contribution is 2.23. The van der Waals surface area contributed by atoms with Crippen molar-refractivity contribution in [3.05, 3.63) is 34.7 Å². The fourth-order valence-electron chi connectivity index (χ4n) is 2.72. The Morgan fingerprint density at radius 2 is 2.04 bits per heavy atom. The lowest BCUT2D eigenvalue weighted by atomic mass is 10.1. The van der Waals surface area contributed by atoms with Crippen LogP contribution < -0.4 is 10.6 Å². The summed E-state index contributed by atoms with van der Waals surface area (Å²) in [4.78, 5) is 6.94. The lowest BCUT2D eigenvalue weighted by molar-refractivity contribution is 0.0376. The van der Waals surface area contributed by atoms with Crippen LogP contribution in [0, 0.1) is 6.92 Å². The lowest BCUT2D eigenvalue weighted by Crippen LogP contribution is -2.38. The summed E-state index contributed by atoms with van der Waals surface area (Å²) in [6, 6.07) is 8.20. The molecule has 1 fully saturated rings. The molecule has 0 amide bonds. The molecule has 0 atom stereocenters. The molecule has 1 aliphatic rings. The van der Waals surface area contributed by atoms with Crippen molar-refractivity contribution in [1.29, 1.82) is 0 Å². The Kier molecular flexibility index (Phi) is 6.75. The summed E-state index contributed by atoms with van der Waals surface area (Å²) in [6.07, 6.45) is 1.07. The van der Waals surface area contributed by atoms with Gasteiger partial charge in [0, 0.05) is 36.3 Å². The van der Waals surface area contributed by atoms with E-state index in [4.69, 9.17) is 17.0 Å². The monoisotopic (exact) mass is 376 g/mol. The third-order valence-corrected chi connectivity index (χ3v) is 5.12. The highest BCUT2D eigenvalue weighted by Gasteiger charge is 2.09. The van der Waals surface area contributed by atoms with Gasteiger partial charge in [-0.05, 0) is 44.2 Å². The molecule has 1 aromatic carbocycles. The molecule has 0 bridgehead atoms. The van der Waals surface area contributed by atoms with Crippen molar-refractivity contribution < 1.29 is 4.74 Å².